The van der Waals surface area contributed by atoms with E-state index in [1.54, 1.807) is 7.11 Å². The standard InChI is InChI=1S/C23H36N4O2.HI/c1-24-22(25-13-14-27(15-16-28-2)18-9-10-18)26-20-17-23(11-5-6-12-23)29-21-8-4-3-7-19(20)21;/h3-4,7-8,18,20H,5-6,9-17H2,1-2H3,(H2,24,25,26);1H. The Balaban J connectivity index is 0.00000256. The third-order valence-electron chi connectivity index (χ3n) is 6.58. The van der Waals surface area contributed by atoms with Gasteiger partial charge in [0.1, 0.15) is 11.4 Å². The first-order chi connectivity index (χ1) is 14.2. The summed E-state index contributed by atoms with van der Waals surface area (Å²) in [4.78, 5) is 7.03. The van der Waals surface area contributed by atoms with Gasteiger partial charge in [0.05, 0.1) is 12.6 Å². The number of benzene rings is 1. The van der Waals surface area contributed by atoms with Crippen LogP contribution in [0.4, 0.5) is 0 Å². The van der Waals surface area contributed by atoms with Crippen molar-refractivity contribution in [1.82, 2.24) is 15.5 Å². The molecule has 4 rings (SSSR count). The first kappa shape index (κ1) is 23.6. The van der Waals surface area contributed by atoms with Gasteiger partial charge in [-0.3, -0.25) is 9.89 Å². The first-order valence-electron chi connectivity index (χ1n) is 11.2. The molecule has 0 aromatic heterocycles. The van der Waals surface area contributed by atoms with Crippen molar-refractivity contribution in [2.24, 2.45) is 4.99 Å². The van der Waals surface area contributed by atoms with E-state index in [0.29, 0.717) is 0 Å². The van der Waals surface area contributed by atoms with Crippen LogP contribution in [0.15, 0.2) is 29.3 Å². The fraction of sp³-hybridized carbons (Fsp3) is 0.696. The number of ether oxygens (including phenoxy) is 2. The molecule has 1 aromatic carbocycles. The Labute approximate surface area is 198 Å². The normalized spacial score (nSPS) is 22.4. The lowest BCUT2D eigenvalue weighted by Crippen LogP contribution is -2.48. The minimum Gasteiger partial charge on any atom is -0.487 e. The molecule has 30 heavy (non-hydrogen) atoms. The molecule has 1 spiro atoms. The summed E-state index contributed by atoms with van der Waals surface area (Å²) in [5.41, 5.74) is 1.24. The van der Waals surface area contributed by atoms with E-state index in [4.69, 9.17) is 9.47 Å². The second-order valence-corrected chi connectivity index (χ2v) is 8.69. The minimum absolute atomic E-state index is 0. The van der Waals surface area contributed by atoms with Crippen LogP contribution in [-0.4, -0.2) is 62.9 Å². The molecule has 1 unspecified atom stereocenters. The van der Waals surface area contributed by atoms with Crippen molar-refractivity contribution in [3.8, 4) is 5.75 Å². The molecule has 2 saturated carbocycles. The summed E-state index contributed by atoms with van der Waals surface area (Å²) in [6.45, 7) is 3.70. The van der Waals surface area contributed by atoms with Crippen LogP contribution in [0, 0.1) is 0 Å². The summed E-state index contributed by atoms with van der Waals surface area (Å²) in [6.07, 6.45) is 8.48. The summed E-state index contributed by atoms with van der Waals surface area (Å²) < 4.78 is 11.8. The average Bonchev–Trinajstić information content (AvgIpc) is 3.50. The molecule has 0 saturated heterocycles. The molecule has 0 amide bonds. The van der Waals surface area contributed by atoms with Gasteiger partial charge in [-0.05, 0) is 44.6 Å². The number of nitrogens with one attached hydrogen (secondary N) is 2. The van der Waals surface area contributed by atoms with Crippen LogP contribution in [0.25, 0.3) is 0 Å². The lowest BCUT2D eigenvalue weighted by atomic mass is 9.86. The van der Waals surface area contributed by atoms with Crippen LogP contribution < -0.4 is 15.4 Å². The van der Waals surface area contributed by atoms with Gasteiger partial charge in [0.2, 0.25) is 0 Å². The van der Waals surface area contributed by atoms with Crippen LogP contribution >= 0.6 is 24.0 Å². The van der Waals surface area contributed by atoms with Crippen molar-refractivity contribution in [3.63, 3.8) is 0 Å². The summed E-state index contributed by atoms with van der Waals surface area (Å²) in [5, 5.41) is 7.22. The highest BCUT2D eigenvalue weighted by molar-refractivity contribution is 14.0. The fourth-order valence-electron chi connectivity index (χ4n) is 4.88. The Hall–Kier alpha value is -1.06. The third kappa shape index (κ3) is 5.79. The summed E-state index contributed by atoms with van der Waals surface area (Å²) in [7, 11) is 3.63. The van der Waals surface area contributed by atoms with E-state index in [1.165, 1.54) is 31.2 Å². The van der Waals surface area contributed by atoms with Gasteiger partial charge in [-0.2, -0.15) is 0 Å². The Morgan fingerprint density at radius 1 is 1.23 bits per heavy atom. The number of rotatable bonds is 8. The van der Waals surface area contributed by atoms with Gasteiger partial charge in [0.25, 0.3) is 0 Å². The van der Waals surface area contributed by atoms with Gasteiger partial charge >= 0.3 is 0 Å². The Morgan fingerprint density at radius 2 is 2.00 bits per heavy atom. The highest BCUT2D eigenvalue weighted by atomic mass is 127. The number of aliphatic imine (C=N–C) groups is 1. The number of fused-ring (bicyclic) bond motifs is 1. The zero-order valence-corrected chi connectivity index (χ0v) is 20.7. The third-order valence-corrected chi connectivity index (χ3v) is 6.58. The molecule has 2 aliphatic carbocycles. The maximum atomic E-state index is 6.49. The maximum absolute atomic E-state index is 6.49. The van der Waals surface area contributed by atoms with E-state index in [-0.39, 0.29) is 35.6 Å². The van der Waals surface area contributed by atoms with E-state index in [2.05, 4.69) is 44.8 Å². The maximum Gasteiger partial charge on any atom is 0.191 e. The number of para-hydroxylation sites is 1. The highest BCUT2D eigenvalue weighted by Gasteiger charge is 2.43. The highest BCUT2D eigenvalue weighted by Crippen LogP contribution is 2.46. The largest absolute Gasteiger partial charge is 0.487 e. The molecule has 0 bridgehead atoms. The smallest absolute Gasteiger partial charge is 0.191 e. The van der Waals surface area contributed by atoms with E-state index < -0.39 is 0 Å². The fourth-order valence-corrected chi connectivity index (χ4v) is 4.88. The van der Waals surface area contributed by atoms with Crippen molar-refractivity contribution in [2.75, 3.05) is 40.4 Å². The average molecular weight is 528 g/mol. The second-order valence-electron chi connectivity index (χ2n) is 8.69. The summed E-state index contributed by atoms with van der Waals surface area (Å²) in [6, 6.07) is 9.44. The second kappa shape index (κ2) is 11.0. The molecule has 1 aliphatic heterocycles. The van der Waals surface area contributed by atoms with Crippen molar-refractivity contribution < 1.29 is 9.47 Å². The predicted molar refractivity (Wildman–Crippen MR) is 132 cm³/mol. The zero-order chi connectivity index (χ0) is 20.1. The van der Waals surface area contributed by atoms with Gasteiger partial charge < -0.3 is 20.1 Å². The SMILES string of the molecule is CN=C(NCCN(CCOC)C1CC1)NC1CC2(CCCC2)Oc2ccccc21.I. The molecule has 168 valence electrons. The quantitative estimate of drug-likeness (QED) is 0.306. The summed E-state index contributed by atoms with van der Waals surface area (Å²) in [5.74, 6) is 1.91. The monoisotopic (exact) mass is 528 g/mol. The van der Waals surface area contributed by atoms with Crippen molar-refractivity contribution >= 4 is 29.9 Å². The van der Waals surface area contributed by atoms with Gasteiger partial charge in [0, 0.05) is 51.8 Å². The Morgan fingerprint density at radius 3 is 2.70 bits per heavy atom. The van der Waals surface area contributed by atoms with Crippen LogP contribution in [-0.2, 0) is 4.74 Å². The van der Waals surface area contributed by atoms with E-state index >= 15 is 0 Å². The van der Waals surface area contributed by atoms with Crippen LogP contribution in [0.2, 0.25) is 0 Å². The van der Waals surface area contributed by atoms with Gasteiger partial charge in [-0.1, -0.05) is 18.2 Å². The van der Waals surface area contributed by atoms with Crippen LogP contribution in [0.1, 0.15) is 56.6 Å². The van der Waals surface area contributed by atoms with E-state index in [0.717, 1.165) is 63.3 Å². The lowest BCUT2D eigenvalue weighted by Gasteiger charge is -2.40. The number of hydrogen-bond donors (Lipinski definition) is 2. The number of methoxy groups -OCH3 is 1. The molecule has 0 radical (unpaired) electrons. The van der Waals surface area contributed by atoms with Crippen molar-refractivity contribution in [2.45, 2.75) is 62.6 Å². The van der Waals surface area contributed by atoms with Gasteiger partial charge in [0.15, 0.2) is 5.96 Å². The zero-order valence-electron chi connectivity index (χ0n) is 18.4. The summed E-state index contributed by atoms with van der Waals surface area (Å²) >= 11 is 0. The molecule has 1 atom stereocenters. The van der Waals surface area contributed by atoms with E-state index in [9.17, 15) is 0 Å². The van der Waals surface area contributed by atoms with Gasteiger partial charge in [-0.15, -0.1) is 24.0 Å². The number of hydrogen-bond acceptors (Lipinski definition) is 4. The number of guanidine groups is 1. The topological polar surface area (TPSA) is 58.1 Å². The molecule has 2 N–H and O–H groups in total. The Kier molecular flexibility index (Phi) is 8.65. The lowest BCUT2D eigenvalue weighted by molar-refractivity contribution is 0.0396. The van der Waals surface area contributed by atoms with Crippen LogP contribution in [0.5, 0.6) is 5.75 Å². The Bertz CT molecular complexity index is 704. The van der Waals surface area contributed by atoms with Crippen LogP contribution in [0.3, 0.4) is 0 Å². The molecule has 3 aliphatic rings. The molecular formula is C23H37IN4O2. The molecule has 7 heteroatoms. The molecule has 1 heterocycles. The number of nitrogens with zero attached hydrogens (tertiary/aromatic N) is 2. The molecule has 1 aromatic rings. The first-order valence-corrected chi connectivity index (χ1v) is 11.2. The van der Waals surface area contributed by atoms with Gasteiger partial charge in [-0.25, -0.2) is 0 Å². The van der Waals surface area contributed by atoms with Crippen molar-refractivity contribution in [3.05, 3.63) is 29.8 Å². The number of halogens is 1. The molecular weight excluding hydrogens is 491 g/mol. The minimum atomic E-state index is -0.00615. The predicted octanol–water partition coefficient (Wildman–Crippen LogP) is 3.72. The molecule has 2 fully saturated rings. The van der Waals surface area contributed by atoms with Crippen molar-refractivity contribution in [1.29, 1.82) is 0 Å². The molecule has 6 nitrogen and oxygen atoms in total. The van der Waals surface area contributed by atoms with E-state index in [1.807, 2.05) is 7.05 Å².